The summed E-state index contributed by atoms with van der Waals surface area (Å²) in [6.45, 7) is 10.8. The fourth-order valence-electron chi connectivity index (χ4n) is 1.36. The Hall–Kier alpha value is 0.220. The van der Waals surface area contributed by atoms with Gasteiger partial charge in [-0.15, -0.1) is 0 Å². The van der Waals surface area contributed by atoms with Crippen molar-refractivity contribution in [1.29, 1.82) is 0 Å². The highest BCUT2D eigenvalue weighted by atomic mass is 32.2. The summed E-state index contributed by atoms with van der Waals surface area (Å²) in [6.07, 6.45) is 0. The van der Waals surface area contributed by atoms with E-state index in [1.54, 1.807) is 13.8 Å². The largest absolute Gasteiger partial charge is 0.282 e. The van der Waals surface area contributed by atoms with Crippen LogP contribution < -0.4 is 0 Å². The molecule has 0 spiro atoms. The normalized spacial score (nSPS) is 22.3. The molecule has 112 valence electrons. The maximum atomic E-state index is 11.5. The van der Waals surface area contributed by atoms with Gasteiger partial charge in [0.1, 0.15) is 0 Å². The molecule has 0 amide bonds. The average molecular weight is 349 g/mol. The molecule has 1 rings (SSSR count). The highest BCUT2D eigenvalue weighted by Gasteiger charge is 2.23. The molecule has 20 heavy (non-hydrogen) atoms. The molecular weight excluding hydrogens is 328 g/mol. The molecule has 2 unspecified atom stereocenters. The molecule has 0 radical (unpaired) electrons. The standard InChI is InChI=1S/C14H20O2S4/c1-9(2)13(15)19-7-11-5-18-12(6-17-11)8-20-14(16)10(3)4/h11-12H,1,3,5-8H2,2,4H3. The molecule has 1 aliphatic rings. The first-order chi connectivity index (χ1) is 9.40. The number of carbonyl (C=O) groups excluding carboxylic acids is 2. The number of hydrogen-bond donors (Lipinski definition) is 0. The van der Waals surface area contributed by atoms with Crippen molar-refractivity contribution < 1.29 is 9.59 Å². The predicted molar refractivity (Wildman–Crippen MR) is 97.1 cm³/mol. The summed E-state index contributed by atoms with van der Waals surface area (Å²) in [5.41, 5.74) is 1.24. The van der Waals surface area contributed by atoms with Crippen LogP contribution in [-0.2, 0) is 9.59 Å². The number of hydrogen-bond acceptors (Lipinski definition) is 6. The van der Waals surface area contributed by atoms with Crippen LogP contribution in [0.1, 0.15) is 13.8 Å². The van der Waals surface area contributed by atoms with Crippen LogP contribution in [-0.4, -0.2) is 43.7 Å². The van der Waals surface area contributed by atoms with E-state index in [2.05, 4.69) is 13.2 Å². The van der Waals surface area contributed by atoms with Crippen LogP contribution in [0.5, 0.6) is 0 Å². The van der Waals surface area contributed by atoms with E-state index in [0.717, 1.165) is 23.0 Å². The van der Waals surface area contributed by atoms with Crippen molar-refractivity contribution in [2.24, 2.45) is 0 Å². The Labute approximate surface area is 138 Å². The van der Waals surface area contributed by atoms with E-state index in [0.29, 0.717) is 21.6 Å². The van der Waals surface area contributed by atoms with Gasteiger partial charge in [-0.1, -0.05) is 36.7 Å². The van der Waals surface area contributed by atoms with Crippen LogP contribution in [0.2, 0.25) is 0 Å². The first-order valence-corrected chi connectivity index (χ1v) is 10.4. The summed E-state index contributed by atoms with van der Waals surface area (Å²) in [6, 6.07) is 0. The van der Waals surface area contributed by atoms with Crippen LogP contribution >= 0.6 is 47.0 Å². The Bertz CT molecular complexity index is 360. The van der Waals surface area contributed by atoms with Crippen molar-refractivity contribution in [2.75, 3.05) is 23.0 Å². The second-order valence-corrected chi connectivity index (χ2v) is 9.32. The summed E-state index contributed by atoms with van der Waals surface area (Å²) in [7, 11) is 0. The van der Waals surface area contributed by atoms with Gasteiger partial charge in [0.05, 0.1) is 0 Å². The van der Waals surface area contributed by atoms with Gasteiger partial charge >= 0.3 is 0 Å². The van der Waals surface area contributed by atoms with Gasteiger partial charge in [0, 0.05) is 33.5 Å². The third-order valence-electron chi connectivity index (χ3n) is 2.53. The van der Waals surface area contributed by atoms with E-state index in [1.165, 1.54) is 23.5 Å². The average Bonchev–Trinajstić information content (AvgIpc) is 2.42. The zero-order valence-corrected chi connectivity index (χ0v) is 15.1. The monoisotopic (exact) mass is 348 g/mol. The van der Waals surface area contributed by atoms with E-state index < -0.39 is 0 Å². The number of carbonyl (C=O) groups is 2. The molecular formula is C14H20O2S4. The third kappa shape index (κ3) is 6.78. The van der Waals surface area contributed by atoms with E-state index in [9.17, 15) is 9.59 Å². The molecule has 1 heterocycles. The molecule has 2 atom stereocenters. The minimum atomic E-state index is 0.0975. The van der Waals surface area contributed by atoms with Gasteiger partial charge in [0.15, 0.2) is 0 Å². The maximum Gasteiger partial charge on any atom is 0.214 e. The van der Waals surface area contributed by atoms with Crippen LogP contribution in [0.4, 0.5) is 0 Å². The smallest absolute Gasteiger partial charge is 0.214 e. The lowest BCUT2D eigenvalue weighted by Gasteiger charge is -2.27. The lowest BCUT2D eigenvalue weighted by atomic mass is 10.4. The Balaban J connectivity index is 2.20. The topological polar surface area (TPSA) is 34.1 Å². The molecule has 2 nitrogen and oxygen atoms in total. The van der Waals surface area contributed by atoms with Gasteiger partial charge in [-0.2, -0.15) is 23.5 Å². The molecule has 0 N–H and O–H groups in total. The van der Waals surface area contributed by atoms with Gasteiger partial charge in [-0.05, 0) is 25.0 Å². The summed E-state index contributed by atoms with van der Waals surface area (Å²) in [5.74, 6) is 3.81. The molecule has 0 aromatic carbocycles. The van der Waals surface area contributed by atoms with Crippen molar-refractivity contribution in [3.8, 4) is 0 Å². The van der Waals surface area contributed by atoms with Gasteiger partial charge in [0.2, 0.25) is 10.2 Å². The zero-order valence-electron chi connectivity index (χ0n) is 11.8. The fourth-order valence-corrected chi connectivity index (χ4v) is 6.69. The van der Waals surface area contributed by atoms with Crippen LogP contribution in [0.3, 0.4) is 0 Å². The second kappa shape index (κ2) is 9.28. The Kier molecular flexibility index (Phi) is 8.48. The Morgan fingerprint density at radius 2 is 1.30 bits per heavy atom. The fraction of sp³-hybridized carbons (Fsp3) is 0.571. The molecule has 6 heteroatoms. The van der Waals surface area contributed by atoms with Crippen molar-refractivity contribution >= 4 is 57.3 Å². The summed E-state index contributed by atoms with van der Waals surface area (Å²) >= 11 is 6.57. The van der Waals surface area contributed by atoms with Crippen molar-refractivity contribution in [3.63, 3.8) is 0 Å². The summed E-state index contributed by atoms with van der Waals surface area (Å²) in [5, 5.41) is 1.23. The molecule has 0 bridgehead atoms. The first-order valence-electron chi connectivity index (χ1n) is 6.28. The van der Waals surface area contributed by atoms with Gasteiger partial charge in [-0.25, -0.2) is 0 Å². The van der Waals surface area contributed by atoms with Gasteiger partial charge in [-0.3, -0.25) is 9.59 Å². The molecule has 0 aromatic heterocycles. The summed E-state index contributed by atoms with van der Waals surface area (Å²) in [4.78, 5) is 23.0. The molecule has 1 aliphatic heterocycles. The van der Waals surface area contributed by atoms with Crippen LogP contribution in [0.25, 0.3) is 0 Å². The molecule has 0 aliphatic carbocycles. The van der Waals surface area contributed by atoms with E-state index in [4.69, 9.17) is 0 Å². The minimum absolute atomic E-state index is 0.0975. The van der Waals surface area contributed by atoms with Crippen molar-refractivity contribution in [1.82, 2.24) is 0 Å². The van der Waals surface area contributed by atoms with E-state index in [1.807, 2.05) is 23.5 Å². The molecule has 1 fully saturated rings. The van der Waals surface area contributed by atoms with E-state index in [-0.39, 0.29) is 10.2 Å². The quantitative estimate of drug-likeness (QED) is 0.678. The number of thioether (sulfide) groups is 4. The lowest BCUT2D eigenvalue weighted by Crippen LogP contribution is -2.25. The van der Waals surface area contributed by atoms with Gasteiger partial charge in [0.25, 0.3) is 0 Å². The molecule has 1 saturated heterocycles. The van der Waals surface area contributed by atoms with Crippen LogP contribution in [0, 0.1) is 0 Å². The van der Waals surface area contributed by atoms with Crippen molar-refractivity contribution in [2.45, 2.75) is 24.3 Å². The second-order valence-electron chi connectivity index (χ2n) is 4.67. The van der Waals surface area contributed by atoms with Gasteiger partial charge < -0.3 is 0 Å². The summed E-state index contributed by atoms with van der Waals surface area (Å²) < 4.78 is 0. The molecule has 0 saturated carbocycles. The minimum Gasteiger partial charge on any atom is -0.282 e. The SMILES string of the molecule is C=C(C)C(=O)SCC1CSC(CSC(=O)C(=C)C)CS1. The highest BCUT2D eigenvalue weighted by Crippen LogP contribution is 2.34. The van der Waals surface area contributed by atoms with E-state index >= 15 is 0 Å². The lowest BCUT2D eigenvalue weighted by molar-refractivity contribution is -0.108. The zero-order chi connectivity index (χ0) is 15.1. The Morgan fingerprint density at radius 1 is 0.950 bits per heavy atom. The maximum absolute atomic E-state index is 11.5. The first kappa shape index (κ1) is 18.3. The third-order valence-corrected chi connectivity index (χ3v) is 8.54. The predicted octanol–water partition coefficient (Wildman–Crippen LogP) is 3.88. The highest BCUT2D eigenvalue weighted by molar-refractivity contribution is 8.16. The van der Waals surface area contributed by atoms with Crippen molar-refractivity contribution in [3.05, 3.63) is 24.3 Å². The van der Waals surface area contributed by atoms with Crippen LogP contribution in [0.15, 0.2) is 24.3 Å². The number of rotatable bonds is 6. The molecule has 0 aromatic rings. The Morgan fingerprint density at radius 3 is 1.55 bits per heavy atom.